The third kappa shape index (κ3) is 2.75. The van der Waals surface area contributed by atoms with Gasteiger partial charge in [-0.2, -0.15) is 0 Å². The Morgan fingerprint density at radius 3 is 2.27 bits per heavy atom. The van der Waals surface area contributed by atoms with E-state index in [-0.39, 0.29) is 5.56 Å². The molecule has 8 heteroatoms. The van der Waals surface area contributed by atoms with Crippen LogP contribution in [0, 0.1) is 13.8 Å². The van der Waals surface area contributed by atoms with Crippen LogP contribution < -0.4 is 5.56 Å². The summed E-state index contributed by atoms with van der Waals surface area (Å²) in [4.78, 5) is 25.7. The van der Waals surface area contributed by atoms with Crippen LogP contribution in [0.2, 0.25) is 5.15 Å². The van der Waals surface area contributed by atoms with Gasteiger partial charge < -0.3 is 4.98 Å². The maximum absolute atomic E-state index is 11.1. The maximum atomic E-state index is 11.1. The minimum atomic E-state index is -0.0481. The van der Waals surface area contributed by atoms with Crippen LogP contribution in [0.25, 0.3) is 20.4 Å². The second-order valence-corrected chi connectivity index (χ2v) is 6.71. The quantitative estimate of drug-likeness (QED) is 0.487. The lowest BCUT2D eigenvalue weighted by atomic mass is 10.3. The second-order valence-electron chi connectivity index (χ2n) is 4.59. The van der Waals surface area contributed by atoms with Gasteiger partial charge in [-0.15, -0.1) is 22.7 Å². The zero-order valence-electron chi connectivity index (χ0n) is 11.8. The molecule has 5 nitrogen and oxygen atoms in total. The lowest BCUT2D eigenvalue weighted by Crippen LogP contribution is -2.03. The van der Waals surface area contributed by atoms with Gasteiger partial charge in [0.2, 0.25) is 0 Å². The van der Waals surface area contributed by atoms with Gasteiger partial charge >= 0.3 is 0 Å². The Kier molecular flexibility index (Phi) is 4.19. The Labute approximate surface area is 138 Å². The van der Waals surface area contributed by atoms with E-state index >= 15 is 0 Å². The molecule has 0 bridgehead atoms. The predicted octanol–water partition coefficient (Wildman–Crippen LogP) is 3.95. The monoisotopic (exact) mass is 350 g/mol. The molecule has 112 valence electrons. The van der Waals surface area contributed by atoms with E-state index in [0.717, 1.165) is 26.9 Å². The molecule has 0 aromatic carbocycles. The molecular weight excluding hydrogens is 340 g/mol. The maximum Gasteiger partial charge on any atom is 0.268 e. The number of H-pyrrole nitrogens is 1. The summed E-state index contributed by atoms with van der Waals surface area (Å²) in [5.41, 5.74) is 3.97. The number of rotatable bonds is 0. The van der Waals surface area contributed by atoms with Gasteiger partial charge in [0.05, 0.1) is 22.1 Å². The first-order chi connectivity index (χ1) is 10.6. The lowest BCUT2D eigenvalue weighted by Gasteiger charge is -1.90. The molecule has 22 heavy (non-hydrogen) atoms. The second kappa shape index (κ2) is 6.12. The first-order valence-electron chi connectivity index (χ1n) is 6.33. The SMILES string of the molecule is Cc1csc2c(=O)[nH]cnc12.Cc1csc2c(Cl)ncnc12. The van der Waals surface area contributed by atoms with Crippen LogP contribution in [0.15, 0.2) is 28.2 Å². The van der Waals surface area contributed by atoms with Crippen molar-refractivity contribution in [3.8, 4) is 0 Å². The number of aromatic nitrogens is 4. The molecule has 4 rings (SSSR count). The van der Waals surface area contributed by atoms with Crippen molar-refractivity contribution in [2.75, 3.05) is 0 Å². The molecule has 4 heterocycles. The number of nitrogens with one attached hydrogen (secondary N) is 1. The fourth-order valence-corrected chi connectivity index (χ4v) is 3.97. The fraction of sp³-hybridized carbons (Fsp3) is 0.143. The van der Waals surface area contributed by atoms with Crippen molar-refractivity contribution < 1.29 is 0 Å². The van der Waals surface area contributed by atoms with Crippen LogP contribution in [0.5, 0.6) is 0 Å². The summed E-state index contributed by atoms with van der Waals surface area (Å²) in [6, 6.07) is 0. The molecular formula is C14H11ClN4OS2. The molecule has 0 aliphatic carbocycles. The van der Waals surface area contributed by atoms with Crippen LogP contribution >= 0.6 is 34.3 Å². The van der Waals surface area contributed by atoms with E-state index in [1.165, 1.54) is 24.0 Å². The molecule has 0 saturated carbocycles. The van der Waals surface area contributed by atoms with E-state index < -0.39 is 0 Å². The summed E-state index contributed by atoms with van der Waals surface area (Å²) >= 11 is 8.85. The van der Waals surface area contributed by atoms with Gasteiger partial charge in [0.1, 0.15) is 16.2 Å². The highest BCUT2D eigenvalue weighted by Gasteiger charge is 2.04. The summed E-state index contributed by atoms with van der Waals surface area (Å²) in [6.45, 7) is 3.97. The summed E-state index contributed by atoms with van der Waals surface area (Å²) < 4.78 is 1.69. The van der Waals surface area contributed by atoms with Crippen molar-refractivity contribution in [2.45, 2.75) is 13.8 Å². The van der Waals surface area contributed by atoms with Gasteiger partial charge in [0.25, 0.3) is 5.56 Å². The minimum absolute atomic E-state index is 0.0481. The lowest BCUT2D eigenvalue weighted by molar-refractivity contribution is 1.17. The number of fused-ring (bicyclic) bond motifs is 2. The molecule has 0 aliphatic rings. The van der Waals surface area contributed by atoms with E-state index in [9.17, 15) is 4.79 Å². The molecule has 0 aliphatic heterocycles. The van der Waals surface area contributed by atoms with Crippen LogP contribution in [-0.4, -0.2) is 19.9 Å². The third-order valence-electron chi connectivity index (χ3n) is 3.03. The largest absolute Gasteiger partial charge is 0.312 e. The van der Waals surface area contributed by atoms with E-state index in [4.69, 9.17) is 11.6 Å². The number of aryl methyl sites for hydroxylation is 2. The average Bonchev–Trinajstić information content (AvgIpc) is 3.07. The number of halogens is 1. The summed E-state index contributed by atoms with van der Waals surface area (Å²) in [5.74, 6) is 0. The number of hydrogen-bond donors (Lipinski definition) is 1. The van der Waals surface area contributed by atoms with E-state index in [2.05, 4.69) is 19.9 Å². The van der Waals surface area contributed by atoms with Crippen molar-refractivity contribution in [1.29, 1.82) is 0 Å². The standard InChI is InChI=1S/C7H5ClN2S.C7H6N2OS/c1-4-2-11-6-5(4)9-3-10-7(6)8;1-4-2-11-6-5(4)8-3-9-7(6)10/h2-3H,1H3;2-3H,1H3,(H,8,9,10). The van der Waals surface area contributed by atoms with Gasteiger partial charge in [-0.05, 0) is 35.7 Å². The summed E-state index contributed by atoms with van der Waals surface area (Å²) in [7, 11) is 0. The highest BCUT2D eigenvalue weighted by atomic mass is 35.5. The first kappa shape index (κ1) is 15.1. The highest BCUT2D eigenvalue weighted by molar-refractivity contribution is 7.18. The average molecular weight is 351 g/mol. The Morgan fingerprint density at radius 1 is 1.00 bits per heavy atom. The normalized spacial score (nSPS) is 10.7. The van der Waals surface area contributed by atoms with Gasteiger partial charge in [-0.1, -0.05) is 11.6 Å². The van der Waals surface area contributed by atoms with Crippen LogP contribution in [0.1, 0.15) is 11.1 Å². The molecule has 4 aromatic heterocycles. The van der Waals surface area contributed by atoms with Gasteiger partial charge in [-0.25, -0.2) is 15.0 Å². The Hall–Kier alpha value is -1.83. The number of nitrogens with zero attached hydrogens (tertiary/aromatic N) is 3. The number of hydrogen-bond acceptors (Lipinski definition) is 6. The molecule has 0 fully saturated rings. The van der Waals surface area contributed by atoms with E-state index in [1.54, 1.807) is 11.3 Å². The summed E-state index contributed by atoms with van der Waals surface area (Å²) in [5, 5.41) is 4.52. The predicted molar refractivity (Wildman–Crippen MR) is 92.1 cm³/mol. The van der Waals surface area contributed by atoms with Gasteiger partial charge in [0.15, 0.2) is 0 Å². The van der Waals surface area contributed by atoms with Gasteiger partial charge in [0, 0.05) is 0 Å². The molecule has 4 aromatic rings. The van der Waals surface area contributed by atoms with Crippen LogP contribution in [0.4, 0.5) is 0 Å². The van der Waals surface area contributed by atoms with Crippen LogP contribution in [-0.2, 0) is 0 Å². The zero-order valence-corrected chi connectivity index (χ0v) is 14.1. The van der Waals surface area contributed by atoms with Crippen molar-refractivity contribution in [1.82, 2.24) is 19.9 Å². The third-order valence-corrected chi connectivity index (χ3v) is 5.60. The molecule has 1 N–H and O–H groups in total. The van der Waals surface area contributed by atoms with Crippen LogP contribution in [0.3, 0.4) is 0 Å². The Bertz CT molecular complexity index is 1000. The van der Waals surface area contributed by atoms with Crippen molar-refractivity contribution in [2.24, 2.45) is 0 Å². The van der Waals surface area contributed by atoms with Crippen molar-refractivity contribution in [3.63, 3.8) is 0 Å². The molecule has 0 spiro atoms. The number of thiophene rings is 2. The molecule has 0 saturated heterocycles. The van der Waals surface area contributed by atoms with E-state index in [1.807, 2.05) is 24.6 Å². The fourth-order valence-electron chi connectivity index (χ4n) is 1.92. The Balaban J connectivity index is 0.000000131. The zero-order chi connectivity index (χ0) is 15.7. The minimum Gasteiger partial charge on any atom is -0.312 e. The molecule has 0 radical (unpaired) electrons. The number of aromatic amines is 1. The van der Waals surface area contributed by atoms with Gasteiger partial charge in [-0.3, -0.25) is 4.79 Å². The first-order valence-corrected chi connectivity index (χ1v) is 8.47. The molecule has 0 unspecified atom stereocenters. The van der Waals surface area contributed by atoms with Crippen molar-refractivity contribution >= 4 is 54.7 Å². The molecule has 0 atom stereocenters. The highest BCUT2D eigenvalue weighted by Crippen LogP contribution is 2.27. The Morgan fingerprint density at radius 2 is 1.64 bits per heavy atom. The topological polar surface area (TPSA) is 71.5 Å². The summed E-state index contributed by atoms with van der Waals surface area (Å²) in [6.07, 6.45) is 2.93. The van der Waals surface area contributed by atoms with Crippen molar-refractivity contribution in [3.05, 3.63) is 50.0 Å². The smallest absolute Gasteiger partial charge is 0.268 e. The molecule has 0 amide bonds. The van der Waals surface area contributed by atoms with E-state index in [0.29, 0.717) is 9.85 Å².